The summed E-state index contributed by atoms with van der Waals surface area (Å²) in [6.07, 6.45) is 1.31. The number of hydrogen-bond donors (Lipinski definition) is 1. The van der Waals surface area contributed by atoms with Crippen molar-refractivity contribution in [3.05, 3.63) is 21.7 Å². The Bertz CT molecular complexity index is 517. The molecule has 2 rings (SSSR count). The molecule has 2 atom stereocenters. The summed E-state index contributed by atoms with van der Waals surface area (Å²) in [4.78, 5) is 31.3. The highest BCUT2D eigenvalue weighted by Crippen LogP contribution is 2.29. The second-order valence-corrected chi connectivity index (χ2v) is 4.76. The normalized spacial score (nSPS) is 23.2. The van der Waals surface area contributed by atoms with Gasteiger partial charge in [-0.3, -0.25) is 9.59 Å². The van der Waals surface area contributed by atoms with E-state index < -0.39 is 0 Å². The molecular weight excluding hydrogens is 258 g/mol. The van der Waals surface area contributed by atoms with E-state index in [0.29, 0.717) is 18.9 Å². The van der Waals surface area contributed by atoms with Gasteiger partial charge in [0, 0.05) is 13.1 Å². The molecule has 1 N–H and O–H groups in total. The molecule has 0 bridgehead atoms. The Morgan fingerprint density at radius 1 is 1.61 bits per heavy atom. The van der Waals surface area contributed by atoms with Crippen LogP contribution in [0.15, 0.2) is 11.1 Å². The summed E-state index contributed by atoms with van der Waals surface area (Å²) in [5.74, 6) is 0.0893. The number of halogens is 1. The van der Waals surface area contributed by atoms with Crippen molar-refractivity contribution >= 4 is 23.4 Å². The SMILES string of the molecule is COC(=O)C1CN(c2nc[nH]c(=O)c2Cl)CC1C. The number of esters is 1. The number of anilines is 1. The number of hydrogen-bond acceptors (Lipinski definition) is 5. The molecule has 0 aliphatic carbocycles. The largest absolute Gasteiger partial charge is 0.469 e. The van der Waals surface area contributed by atoms with Crippen LogP contribution in [0.1, 0.15) is 6.92 Å². The van der Waals surface area contributed by atoms with Crippen molar-refractivity contribution in [1.29, 1.82) is 0 Å². The lowest BCUT2D eigenvalue weighted by Gasteiger charge is -2.17. The van der Waals surface area contributed by atoms with Crippen LogP contribution in [-0.4, -0.2) is 36.1 Å². The minimum atomic E-state index is -0.379. The van der Waals surface area contributed by atoms with E-state index in [0.717, 1.165) is 0 Å². The zero-order valence-corrected chi connectivity index (χ0v) is 10.9. The Morgan fingerprint density at radius 2 is 2.33 bits per heavy atom. The molecule has 1 aliphatic heterocycles. The molecule has 1 aliphatic rings. The van der Waals surface area contributed by atoms with Crippen LogP contribution in [0.25, 0.3) is 0 Å². The van der Waals surface area contributed by atoms with Crippen molar-refractivity contribution in [1.82, 2.24) is 9.97 Å². The third-order valence-corrected chi connectivity index (χ3v) is 3.53. The van der Waals surface area contributed by atoms with Crippen molar-refractivity contribution in [3.8, 4) is 0 Å². The van der Waals surface area contributed by atoms with Crippen LogP contribution in [0, 0.1) is 11.8 Å². The highest BCUT2D eigenvalue weighted by Gasteiger charge is 2.37. The quantitative estimate of drug-likeness (QED) is 0.800. The van der Waals surface area contributed by atoms with E-state index in [9.17, 15) is 9.59 Å². The van der Waals surface area contributed by atoms with Crippen molar-refractivity contribution in [2.24, 2.45) is 11.8 Å². The number of ether oxygens (including phenoxy) is 1. The molecule has 0 amide bonds. The number of carbonyl (C=O) groups is 1. The van der Waals surface area contributed by atoms with Gasteiger partial charge >= 0.3 is 5.97 Å². The minimum Gasteiger partial charge on any atom is -0.469 e. The molecule has 18 heavy (non-hydrogen) atoms. The van der Waals surface area contributed by atoms with Crippen LogP contribution in [0.4, 0.5) is 5.82 Å². The van der Waals surface area contributed by atoms with Gasteiger partial charge in [-0.2, -0.15) is 0 Å². The first kappa shape index (κ1) is 12.9. The number of rotatable bonds is 2. The maximum Gasteiger partial charge on any atom is 0.310 e. The maximum atomic E-state index is 11.6. The average molecular weight is 272 g/mol. The topological polar surface area (TPSA) is 75.3 Å². The van der Waals surface area contributed by atoms with Gasteiger partial charge in [-0.05, 0) is 5.92 Å². The van der Waals surface area contributed by atoms with Gasteiger partial charge in [-0.1, -0.05) is 18.5 Å². The van der Waals surface area contributed by atoms with Crippen LogP contribution in [0.5, 0.6) is 0 Å². The Kier molecular flexibility index (Phi) is 3.56. The monoisotopic (exact) mass is 271 g/mol. The molecule has 0 spiro atoms. The van der Waals surface area contributed by atoms with Gasteiger partial charge in [-0.15, -0.1) is 0 Å². The molecule has 0 aromatic carbocycles. The Labute approximate surface area is 109 Å². The highest BCUT2D eigenvalue weighted by molar-refractivity contribution is 6.32. The third-order valence-electron chi connectivity index (χ3n) is 3.19. The third kappa shape index (κ3) is 2.20. The molecule has 2 heterocycles. The summed E-state index contributed by atoms with van der Waals surface area (Å²) >= 11 is 5.92. The Hall–Kier alpha value is -1.56. The molecule has 1 aromatic rings. The molecular formula is C11H14ClN3O3. The fourth-order valence-electron chi connectivity index (χ4n) is 2.19. The Balaban J connectivity index is 2.25. The molecule has 0 radical (unpaired) electrons. The summed E-state index contributed by atoms with van der Waals surface area (Å²) in [6, 6.07) is 0. The second kappa shape index (κ2) is 4.97. The second-order valence-electron chi connectivity index (χ2n) is 4.38. The fraction of sp³-hybridized carbons (Fsp3) is 0.545. The van der Waals surface area contributed by atoms with Gasteiger partial charge in [0.15, 0.2) is 5.82 Å². The fourth-order valence-corrected chi connectivity index (χ4v) is 2.41. The number of H-pyrrole nitrogens is 1. The average Bonchev–Trinajstić information content (AvgIpc) is 2.73. The van der Waals surface area contributed by atoms with Crippen molar-refractivity contribution in [2.45, 2.75) is 6.92 Å². The van der Waals surface area contributed by atoms with Gasteiger partial charge in [-0.25, -0.2) is 4.98 Å². The van der Waals surface area contributed by atoms with Crippen LogP contribution >= 0.6 is 11.6 Å². The molecule has 6 nitrogen and oxygen atoms in total. The van der Waals surface area contributed by atoms with Crippen LogP contribution in [0.3, 0.4) is 0 Å². The van der Waals surface area contributed by atoms with Crippen molar-refractivity contribution in [2.75, 3.05) is 25.1 Å². The highest BCUT2D eigenvalue weighted by atomic mass is 35.5. The Morgan fingerprint density at radius 3 is 3.00 bits per heavy atom. The van der Waals surface area contributed by atoms with E-state index in [1.54, 1.807) is 0 Å². The van der Waals surface area contributed by atoms with Crippen LogP contribution in [0.2, 0.25) is 5.02 Å². The number of aromatic amines is 1. The zero-order chi connectivity index (χ0) is 13.3. The maximum absolute atomic E-state index is 11.6. The summed E-state index contributed by atoms with van der Waals surface area (Å²) in [7, 11) is 1.37. The first-order valence-corrected chi connectivity index (χ1v) is 5.98. The van der Waals surface area contributed by atoms with E-state index in [4.69, 9.17) is 16.3 Å². The molecule has 7 heteroatoms. The van der Waals surface area contributed by atoms with E-state index in [1.165, 1.54) is 13.4 Å². The molecule has 1 saturated heterocycles. The lowest BCUT2D eigenvalue weighted by molar-refractivity contribution is -0.145. The van der Waals surface area contributed by atoms with Crippen LogP contribution < -0.4 is 10.5 Å². The van der Waals surface area contributed by atoms with Gasteiger partial charge in [0.25, 0.3) is 5.56 Å². The van der Waals surface area contributed by atoms with Crippen LogP contribution in [-0.2, 0) is 9.53 Å². The lowest BCUT2D eigenvalue weighted by Crippen LogP contribution is -2.26. The molecule has 1 fully saturated rings. The smallest absolute Gasteiger partial charge is 0.310 e. The summed E-state index contributed by atoms with van der Waals surface area (Å²) in [5.41, 5.74) is -0.379. The minimum absolute atomic E-state index is 0.0511. The standard InChI is InChI=1S/C11H14ClN3O3/c1-6-3-15(4-7(6)11(17)18-2)9-8(12)10(16)14-5-13-9/h5-7H,3-4H2,1-2H3,(H,13,14,16). The molecule has 1 aromatic heterocycles. The number of methoxy groups -OCH3 is 1. The first-order chi connectivity index (χ1) is 8.54. The van der Waals surface area contributed by atoms with Gasteiger partial charge < -0.3 is 14.6 Å². The van der Waals surface area contributed by atoms with E-state index in [2.05, 4.69) is 9.97 Å². The van der Waals surface area contributed by atoms with Crippen molar-refractivity contribution < 1.29 is 9.53 Å². The predicted molar refractivity (Wildman–Crippen MR) is 66.8 cm³/mol. The molecule has 2 unspecified atom stereocenters. The summed E-state index contributed by atoms with van der Waals surface area (Å²) < 4.78 is 4.76. The predicted octanol–water partition coefficient (Wildman–Crippen LogP) is 0.669. The number of nitrogens with zero attached hydrogens (tertiary/aromatic N) is 2. The van der Waals surface area contributed by atoms with Gasteiger partial charge in [0.1, 0.15) is 5.02 Å². The van der Waals surface area contributed by atoms with Crippen molar-refractivity contribution in [3.63, 3.8) is 0 Å². The van der Waals surface area contributed by atoms with Gasteiger partial charge in [0.05, 0.1) is 19.4 Å². The summed E-state index contributed by atoms with van der Waals surface area (Å²) in [5, 5.41) is 0.0511. The lowest BCUT2D eigenvalue weighted by atomic mass is 9.99. The van der Waals surface area contributed by atoms with E-state index >= 15 is 0 Å². The number of carbonyl (C=O) groups excluding carboxylic acids is 1. The zero-order valence-electron chi connectivity index (χ0n) is 10.1. The van der Waals surface area contributed by atoms with Gasteiger partial charge in [0.2, 0.25) is 0 Å². The first-order valence-electron chi connectivity index (χ1n) is 5.60. The summed E-state index contributed by atoms with van der Waals surface area (Å²) in [6.45, 7) is 3.04. The van der Waals surface area contributed by atoms with E-state index in [1.807, 2.05) is 11.8 Å². The molecule has 98 valence electrons. The molecule has 0 saturated carbocycles. The number of aromatic nitrogens is 2. The van der Waals surface area contributed by atoms with E-state index in [-0.39, 0.29) is 28.4 Å². The number of nitrogens with one attached hydrogen (secondary N) is 1.